The van der Waals surface area contributed by atoms with Crippen molar-refractivity contribution in [2.24, 2.45) is 0 Å². The Bertz CT molecular complexity index is 1080. The lowest BCUT2D eigenvalue weighted by Crippen LogP contribution is -2.49. The number of aryl methyl sites for hydroxylation is 1. The van der Waals surface area contributed by atoms with Crippen LogP contribution in [0.2, 0.25) is 0 Å². The summed E-state index contributed by atoms with van der Waals surface area (Å²) in [5.74, 6) is 3.09. The molecule has 1 N–H and O–H groups in total. The monoisotopic (exact) mass is 435 g/mol. The lowest BCUT2D eigenvalue weighted by Gasteiger charge is -2.35. The molecule has 2 heterocycles. The van der Waals surface area contributed by atoms with Gasteiger partial charge in [-0.3, -0.25) is 4.79 Å². The van der Waals surface area contributed by atoms with Gasteiger partial charge in [-0.15, -0.1) is 0 Å². The van der Waals surface area contributed by atoms with Crippen LogP contribution in [0.3, 0.4) is 0 Å². The SMILES string of the molecule is CCNc1cc(N2CCN(C(=O)c3cccc(Oc4ccc(F)cc4)c3)CC2)nc(C)n1. The number of aromatic nitrogens is 2. The lowest BCUT2D eigenvalue weighted by molar-refractivity contribution is 0.0746. The van der Waals surface area contributed by atoms with E-state index in [-0.39, 0.29) is 11.7 Å². The van der Waals surface area contributed by atoms with Gasteiger partial charge in [0.2, 0.25) is 0 Å². The smallest absolute Gasteiger partial charge is 0.254 e. The average molecular weight is 436 g/mol. The maximum absolute atomic E-state index is 13.1. The highest BCUT2D eigenvalue weighted by Crippen LogP contribution is 2.24. The van der Waals surface area contributed by atoms with Crippen LogP contribution in [-0.2, 0) is 0 Å². The molecule has 0 atom stereocenters. The van der Waals surface area contributed by atoms with Gasteiger partial charge in [-0.1, -0.05) is 6.07 Å². The van der Waals surface area contributed by atoms with E-state index in [1.54, 1.807) is 36.4 Å². The zero-order valence-electron chi connectivity index (χ0n) is 18.2. The van der Waals surface area contributed by atoms with Crippen LogP contribution in [0.5, 0.6) is 11.5 Å². The van der Waals surface area contributed by atoms with Crippen LogP contribution in [0.25, 0.3) is 0 Å². The van der Waals surface area contributed by atoms with Crippen molar-refractivity contribution in [3.8, 4) is 11.5 Å². The van der Waals surface area contributed by atoms with Crippen molar-refractivity contribution < 1.29 is 13.9 Å². The van der Waals surface area contributed by atoms with Crippen LogP contribution in [-0.4, -0.2) is 53.5 Å². The second-order valence-electron chi connectivity index (χ2n) is 7.55. The van der Waals surface area contributed by atoms with Crippen molar-refractivity contribution in [3.05, 3.63) is 71.8 Å². The number of nitrogens with one attached hydrogen (secondary N) is 1. The molecule has 1 aliphatic rings. The van der Waals surface area contributed by atoms with Gasteiger partial charge >= 0.3 is 0 Å². The molecular weight excluding hydrogens is 409 g/mol. The van der Waals surface area contributed by atoms with Crippen LogP contribution in [0.1, 0.15) is 23.1 Å². The molecule has 8 heteroatoms. The zero-order valence-corrected chi connectivity index (χ0v) is 18.2. The highest BCUT2D eigenvalue weighted by Gasteiger charge is 2.23. The first-order chi connectivity index (χ1) is 15.5. The number of nitrogens with zero attached hydrogens (tertiary/aromatic N) is 4. The third-order valence-corrected chi connectivity index (χ3v) is 5.20. The Morgan fingerprint density at radius 1 is 1.03 bits per heavy atom. The van der Waals surface area contributed by atoms with Crippen LogP contribution >= 0.6 is 0 Å². The number of hydrogen-bond acceptors (Lipinski definition) is 6. The highest BCUT2D eigenvalue weighted by molar-refractivity contribution is 5.94. The molecular formula is C24H26FN5O2. The number of carbonyl (C=O) groups is 1. The first-order valence-corrected chi connectivity index (χ1v) is 10.7. The predicted octanol–water partition coefficient (Wildman–Crippen LogP) is 4.11. The van der Waals surface area contributed by atoms with Gasteiger partial charge in [-0.2, -0.15) is 0 Å². The Balaban J connectivity index is 1.40. The molecule has 0 spiro atoms. The van der Waals surface area contributed by atoms with Gasteiger partial charge in [0.05, 0.1) is 0 Å². The van der Waals surface area contributed by atoms with E-state index in [1.165, 1.54) is 12.1 Å². The fourth-order valence-electron chi connectivity index (χ4n) is 3.64. The zero-order chi connectivity index (χ0) is 22.5. The summed E-state index contributed by atoms with van der Waals surface area (Å²) in [5.41, 5.74) is 0.561. The summed E-state index contributed by atoms with van der Waals surface area (Å²) < 4.78 is 18.9. The summed E-state index contributed by atoms with van der Waals surface area (Å²) in [6.07, 6.45) is 0. The van der Waals surface area contributed by atoms with Gasteiger partial charge in [0.25, 0.3) is 5.91 Å². The first kappa shape index (κ1) is 21.5. The molecule has 32 heavy (non-hydrogen) atoms. The molecule has 1 fully saturated rings. The molecule has 1 aliphatic heterocycles. The molecule has 1 aromatic heterocycles. The van der Waals surface area contributed by atoms with E-state index in [1.807, 2.05) is 24.8 Å². The average Bonchev–Trinajstić information content (AvgIpc) is 2.80. The van der Waals surface area contributed by atoms with Gasteiger partial charge in [0.15, 0.2) is 0 Å². The van der Waals surface area contributed by atoms with Gasteiger partial charge in [-0.05, 0) is 56.3 Å². The third kappa shape index (κ3) is 5.14. The number of anilines is 2. The molecule has 0 bridgehead atoms. The number of rotatable bonds is 6. The van der Waals surface area contributed by atoms with E-state index < -0.39 is 0 Å². The minimum atomic E-state index is -0.324. The molecule has 7 nitrogen and oxygen atoms in total. The molecule has 166 valence electrons. The van der Waals surface area contributed by atoms with E-state index in [0.717, 1.165) is 24.0 Å². The van der Waals surface area contributed by atoms with Crippen LogP contribution in [0.15, 0.2) is 54.6 Å². The summed E-state index contributed by atoms with van der Waals surface area (Å²) in [6.45, 7) is 7.29. The van der Waals surface area contributed by atoms with E-state index in [9.17, 15) is 9.18 Å². The Labute approximate surface area is 186 Å². The van der Waals surface area contributed by atoms with E-state index in [4.69, 9.17) is 4.74 Å². The van der Waals surface area contributed by atoms with Crippen LogP contribution in [0, 0.1) is 12.7 Å². The van der Waals surface area contributed by atoms with Crippen molar-refractivity contribution in [2.75, 3.05) is 42.9 Å². The quantitative estimate of drug-likeness (QED) is 0.628. The van der Waals surface area contributed by atoms with Crippen LogP contribution < -0.4 is 15.0 Å². The summed E-state index contributed by atoms with van der Waals surface area (Å²) in [7, 11) is 0. The largest absolute Gasteiger partial charge is 0.457 e. The normalized spacial score (nSPS) is 13.7. The number of benzene rings is 2. The molecule has 0 radical (unpaired) electrons. The molecule has 2 aromatic carbocycles. The van der Waals surface area contributed by atoms with Gasteiger partial charge in [0, 0.05) is 44.4 Å². The number of hydrogen-bond donors (Lipinski definition) is 1. The molecule has 0 saturated carbocycles. The van der Waals surface area contributed by atoms with E-state index >= 15 is 0 Å². The van der Waals surface area contributed by atoms with E-state index in [2.05, 4.69) is 20.2 Å². The number of amides is 1. The number of piperazine rings is 1. The Morgan fingerprint density at radius 2 is 1.78 bits per heavy atom. The number of halogens is 1. The summed E-state index contributed by atoms with van der Waals surface area (Å²) in [6, 6.07) is 14.8. The Kier molecular flexibility index (Phi) is 6.49. The topological polar surface area (TPSA) is 70.6 Å². The number of carbonyl (C=O) groups excluding carboxylic acids is 1. The second kappa shape index (κ2) is 9.64. The summed E-state index contributed by atoms with van der Waals surface area (Å²) >= 11 is 0. The van der Waals surface area contributed by atoms with Crippen molar-refractivity contribution in [2.45, 2.75) is 13.8 Å². The van der Waals surface area contributed by atoms with Gasteiger partial charge in [0.1, 0.15) is 34.8 Å². The maximum Gasteiger partial charge on any atom is 0.254 e. The standard InChI is InChI=1S/C24H26FN5O2/c1-3-26-22-16-23(28-17(2)27-22)29-11-13-30(14-12-29)24(31)18-5-4-6-21(15-18)32-20-9-7-19(25)8-10-20/h4-10,15-16H,3,11-14H2,1-2H3,(H,26,27,28). The summed E-state index contributed by atoms with van der Waals surface area (Å²) in [4.78, 5) is 26.0. The number of ether oxygens (including phenoxy) is 1. The Morgan fingerprint density at radius 3 is 2.50 bits per heavy atom. The van der Waals surface area contributed by atoms with Crippen molar-refractivity contribution >= 4 is 17.5 Å². The second-order valence-corrected chi connectivity index (χ2v) is 7.55. The predicted molar refractivity (Wildman–Crippen MR) is 122 cm³/mol. The van der Waals surface area contributed by atoms with Crippen molar-refractivity contribution in [1.29, 1.82) is 0 Å². The van der Waals surface area contributed by atoms with Gasteiger partial charge < -0.3 is 19.9 Å². The molecule has 1 saturated heterocycles. The highest BCUT2D eigenvalue weighted by atomic mass is 19.1. The molecule has 1 amide bonds. The lowest BCUT2D eigenvalue weighted by atomic mass is 10.1. The third-order valence-electron chi connectivity index (χ3n) is 5.20. The molecule has 3 aromatic rings. The van der Waals surface area contributed by atoms with Crippen LogP contribution in [0.4, 0.5) is 16.0 Å². The fourth-order valence-corrected chi connectivity index (χ4v) is 3.64. The summed E-state index contributed by atoms with van der Waals surface area (Å²) in [5, 5.41) is 3.23. The minimum absolute atomic E-state index is 0.0404. The maximum atomic E-state index is 13.1. The van der Waals surface area contributed by atoms with Crippen molar-refractivity contribution in [3.63, 3.8) is 0 Å². The minimum Gasteiger partial charge on any atom is -0.457 e. The fraction of sp³-hybridized carbons (Fsp3) is 0.292. The first-order valence-electron chi connectivity index (χ1n) is 10.7. The molecule has 4 rings (SSSR count). The molecule has 0 unspecified atom stereocenters. The van der Waals surface area contributed by atoms with Crippen molar-refractivity contribution in [1.82, 2.24) is 14.9 Å². The molecule has 0 aliphatic carbocycles. The Hall–Kier alpha value is -3.68. The van der Waals surface area contributed by atoms with E-state index in [0.29, 0.717) is 43.2 Å². The van der Waals surface area contributed by atoms with Gasteiger partial charge in [-0.25, -0.2) is 14.4 Å².